The van der Waals surface area contributed by atoms with E-state index < -0.39 is 0 Å². The van der Waals surface area contributed by atoms with E-state index in [1.165, 1.54) is 0 Å². The van der Waals surface area contributed by atoms with Gasteiger partial charge in [0, 0.05) is 26.3 Å². The Bertz CT molecular complexity index is 321. The lowest BCUT2D eigenvalue weighted by Crippen LogP contribution is -2.30. The number of imidazole rings is 1. The number of likely N-dealkylation sites (N-methyl/N-ethyl adjacent to an activating group) is 1. The molecule has 1 aromatic rings. The van der Waals surface area contributed by atoms with Crippen molar-refractivity contribution >= 4 is 5.91 Å². The van der Waals surface area contributed by atoms with Crippen molar-refractivity contribution in [1.82, 2.24) is 19.8 Å². The molecule has 1 amide bonds. The normalized spacial score (nSPS) is 10.3. The van der Waals surface area contributed by atoms with E-state index in [1.54, 1.807) is 24.5 Å². The Hall–Kier alpha value is -1.36. The molecule has 0 saturated carbocycles. The topological polar surface area (TPSA) is 50.2 Å². The van der Waals surface area contributed by atoms with Gasteiger partial charge in [0.2, 0.25) is 5.91 Å². The van der Waals surface area contributed by atoms with Crippen molar-refractivity contribution in [3.8, 4) is 0 Å². The first-order valence-corrected chi connectivity index (χ1v) is 5.06. The van der Waals surface area contributed by atoms with E-state index >= 15 is 0 Å². The summed E-state index contributed by atoms with van der Waals surface area (Å²) in [6.07, 6.45) is 3.46. The highest BCUT2D eigenvalue weighted by Gasteiger charge is 2.09. The Kier molecular flexibility index (Phi) is 4.30. The van der Waals surface area contributed by atoms with Crippen LogP contribution in [0.2, 0.25) is 0 Å². The molecule has 0 saturated heterocycles. The molecule has 0 aliphatic rings. The van der Waals surface area contributed by atoms with E-state index in [2.05, 4.69) is 10.3 Å². The maximum absolute atomic E-state index is 11.7. The van der Waals surface area contributed by atoms with Crippen molar-refractivity contribution < 1.29 is 4.79 Å². The number of rotatable bonds is 5. The number of hydrogen-bond acceptors (Lipinski definition) is 3. The summed E-state index contributed by atoms with van der Waals surface area (Å²) in [5.41, 5.74) is 1.02. The van der Waals surface area contributed by atoms with E-state index in [9.17, 15) is 4.79 Å². The summed E-state index contributed by atoms with van der Waals surface area (Å²) in [7, 11) is 3.67. The Morgan fingerprint density at radius 1 is 1.67 bits per heavy atom. The molecule has 0 radical (unpaired) electrons. The third-order valence-electron chi connectivity index (χ3n) is 2.36. The third-order valence-corrected chi connectivity index (χ3v) is 2.36. The first-order chi connectivity index (χ1) is 7.19. The summed E-state index contributed by atoms with van der Waals surface area (Å²) in [6, 6.07) is 0. The van der Waals surface area contributed by atoms with E-state index in [0.29, 0.717) is 6.54 Å². The fourth-order valence-electron chi connectivity index (χ4n) is 1.26. The molecule has 0 aliphatic carbocycles. The number of carbonyl (C=O) groups excluding carboxylic acids is 1. The average molecular weight is 210 g/mol. The van der Waals surface area contributed by atoms with Gasteiger partial charge >= 0.3 is 0 Å². The number of hydrogen-bond donors (Lipinski definition) is 1. The van der Waals surface area contributed by atoms with E-state index in [1.807, 2.05) is 18.5 Å². The minimum Gasteiger partial charge on any atom is -0.344 e. The fraction of sp³-hybridized carbons (Fsp3) is 0.600. The summed E-state index contributed by atoms with van der Waals surface area (Å²) < 4.78 is 1.87. The lowest BCUT2D eigenvalue weighted by atomic mass is 10.4. The highest BCUT2D eigenvalue weighted by atomic mass is 16.2. The van der Waals surface area contributed by atoms with Gasteiger partial charge in [0.1, 0.15) is 6.54 Å². The molecule has 0 aromatic carbocycles. The van der Waals surface area contributed by atoms with Gasteiger partial charge in [-0.2, -0.15) is 0 Å². The molecule has 0 atom stereocenters. The van der Waals surface area contributed by atoms with Crippen LogP contribution in [0.4, 0.5) is 0 Å². The van der Waals surface area contributed by atoms with Gasteiger partial charge < -0.3 is 14.8 Å². The summed E-state index contributed by atoms with van der Waals surface area (Å²) in [5, 5.41) is 3.04. The van der Waals surface area contributed by atoms with Crippen LogP contribution >= 0.6 is 0 Å². The van der Waals surface area contributed by atoms with Crippen molar-refractivity contribution in [3.05, 3.63) is 18.2 Å². The molecule has 1 rings (SSSR count). The molecule has 1 N–H and O–H groups in total. The lowest BCUT2D eigenvalue weighted by Gasteiger charge is -2.15. The van der Waals surface area contributed by atoms with Crippen LogP contribution in [-0.2, 0) is 17.9 Å². The summed E-state index contributed by atoms with van der Waals surface area (Å²) in [4.78, 5) is 17.4. The second-order valence-electron chi connectivity index (χ2n) is 3.45. The van der Waals surface area contributed by atoms with Crippen LogP contribution in [0, 0.1) is 0 Å². The summed E-state index contributed by atoms with van der Waals surface area (Å²) in [5.74, 6) is 0.104. The molecule has 0 aliphatic heterocycles. The van der Waals surface area contributed by atoms with Crippen LogP contribution in [0.3, 0.4) is 0 Å². The molecule has 0 unspecified atom stereocenters. The van der Waals surface area contributed by atoms with E-state index in [0.717, 1.165) is 18.8 Å². The predicted molar refractivity (Wildman–Crippen MR) is 58.3 cm³/mol. The minimum atomic E-state index is 0.104. The van der Waals surface area contributed by atoms with Gasteiger partial charge in [-0.1, -0.05) is 0 Å². The van der Waals surface area contributed by atoms with Gasteiger partial charge in [-0.05, 0) is 14.0 Å². The highest BCUT2D eigenvalue weighted by Crippen LogP contribution is 2.00. The van der Waals surface area contributed by atoms with Crippen LogP contribution < -0.4 is 5.32 Å². The van der Waals surface area contributed by atoms with Crippen molar-refractivity contribution in [2.45, 2.75) is 20.0 Å². The monoisotopic (exact) mass is 210 g/mol. The molecular weight excluding hydrogens is 192 g/mol. The number of nitrogens with zero attached hydrogens (tertiary/aromatic N) is 3. The number of amides is 1. The molecule has 5 heteroatoms. The maximum atomic E-state index is 11.7. The molecule has 1 aromatic heterocycles. The highest BCUT2D eigenvalue weighted by molar-refractivity contribution is 5.75. The van der Waals surface area contributed by atoms with E-state index in [4.69, 9.17) is 0 Å². The zero-order valence-electron chi connectivity index (χ0n) is 9.53. The molecule has 0 bridgehead atoms. The van der Waals surface area contributed by atoms with E-state index in [-0.39, 0.29) is 5.91 Å². The average Bonchev–Trinajstić information content (AvgIpc) is 2.65. The van der Waals surface area contributed by atoms with Gasteiger partial charge in [-0.15, -0.1) is 0 Å². The lowest BCUT2D eigenvalue weighted by molar-refractivity contribution is -0.130. The number of carbonyl (C=O) groups is 1. The van der Waals surface area contributed by atoms with Gasteiger partial charge in [-0.25, -0.2) is 4.98 Å². The second kappa shape index (κ2) is 5.50. The Morgan fingerprint density at radius 3 is 3.00 bits per heavy atom. The first-order valence-electron chi connectivity index (χ1n) is 5.06. The van der Waals surface area contributed by atoms with Crippen LogP contribution in [0.5, 0.6) is 0 Å². The van der Waals surface area contributed by atoms with Gasteiger partial charge in [0.25, 0.3) is 0 Å². The van der Waals surface area contributed by atoms with Crippen LogP contribution in [0.1, 0.15) is 12.6 Å². The standard InChI is InChI=1S/C10H18N4O/c1-4-13(3)10(15)7-14-8-12-6-9(14)5-11-2/h6,8,11H,4-5,7H2,1-3H3. The second-order valence-corrected chi connectivity index (χ2v) is 3.45. The van der Waals surface area contributed by atoms with Crippen molar-refractivity contribution in [2.24, 2.45) is 0 Å². The van der Waals surface area contributed by atoms with Gasteiger partial charge in [0.15, 0.2) is 0 Å². The smallest absolute Gasteiger partial charge is 0.242 e. The number of nitrogens with one attached hydrogen (secondary N) is 1. The zero-order valence-corrected chi connectivity index (χ0v) is 9.53. The third kappa shape index (κ3) is 3.06. The predicted octanol–water partition coefficient (Wildman–Crippen LogP) is 0.0808. The molecule has 0 fully saturated rings. The Morgan fingerprint density at radius 2 is 2.40 bits per heavy atom. The van der Waals surface area contributed by atoms with Crippen LogP contribution in [0.15, 0.2) is 12.5 Å². The molecule has 5 nitrogen and oxygen atoms in total. The maximum Gasteiger partial charge on any atom is 0.242 e. The fourth-order valence-corrected chi connectivity index (χ4v) is 1.26. The minimum absolute atomic E-state index is 0.104. The van der Waals surface area contributed by atoms with Crippen LogP contribution in [0.25, 0.3) is 0 Å². The zero-order chi connectivity index (χ0) is 11.3. The molecular formula is C10H18N4O. The molecule has 84 valence electrons. The quantitative estimate of drug-likeness (QED) is 0.749. The van der Waals surface area contributed by atoms with Crippen molar-refractivity contribution in [2.75, 3.05) is 20.6 Å². The number of aromatic nitrogens is 2. The summed E-state index contributed by atoms with van der Waals surface area (Å²) in [6.45, 7) is 3.78. The molecule has 15 heavy (non-hydrogen) atoms. The molecule has 0 spiro atoms. The van der Waals surface area contributed by atoms with Gasteiger partial charge in [-0.3, -0.25) is 4.79 Å². The largest absolute Gasteiger partial charge is 0.344 e. The molecule has 1 heterocycles. The van der Waals surface area contributed by atoms with Crippen LogP contribution in [-0.4, -0.2) is 41.0 Å². The van der Waals surface area contributed by atoms with Crippen molar-refractivity contribution in [3.63, 3.8) is 0 Å². The van der Waals surface area contributed by atoms with Gasteiger partial charge in [0.05, 0.1) is 12.0 Å². The Labute approximate surface area is 90.1 Å². The van der Waals surface area contributed by atoms with Crippen molar-refractivity contribution in [1.29, 1.82) is 0 Å². The SMILES string of the molecule is CCN(C)C(=O)Cn1cncc1CNC. The Balaban J connectivity index is 2.63. The summed E-state index contributed by atoms with van der Waals surface area (Å²) >= 11 is 0. The first kappa shape index (κ1) is 11.7.